The predicted octanol–water partition coefficient (Wildman–Crippen LogP) is 0.0812. The Morgan fingerprint density at radius 3 is 2.45 bits per heavy atom. The Morgan fingerprint density at radius 1 is 1.55 bits per heavy atom. The molecule has 1 N–H and O–H groups in total. The van der Waals surface area contributed by atoms with E-state index in [0.717, 1.165) is 0 Å². The molecule has 4 nitrogen and oxygen atoms in total. The maximum atomic E-state index is 10.5. The largest absolute Gasteiger partial charge is 0.359 e. The average molecular weight is 200 g/mol. The van der Waals surface area contributed by atoms with Crippen LogP contribution in [0.25, 0.3) is 0 Å². The smallest absolute Gasteiger partial charge is 0.232 e. The molecule has 0 rings (SSSR count). The summed E-state index contributed by atoms with van der Waals surface area (Å²) >= 11 is 0. The summed E-state index contributed by atoms with van der Waals surface area (Å²) in [6.45, 7) is 0. The lowest BCUT2D eigenvalue weighted by molar-refractivity contribution is -0.120. The minimum absolute atomic E-state index is 0.151. The van der Waals surface area contributed by atoms with E-state index in [-0.39, 0.29) is 24.5 Å². The zero-order chi connectivity index (χ0) is 8.91. The summed E-state index contributed by atoms with van der Waals surface area (Å²) in [4.78, 5) is 10.5. The monoisotopic (exact) mass is 199 g/mol. The summed E-state index contributed by atoms with van der Waals surface area (Å²) in [6, 6.07) is 0. The van der Waals surface area contributed by atoms with Crippen LogP contribution in [0.2, 0.25) is 0 Å². The number of nitrogens with one attached hydrogen (secondary N) is 1. The summed E-state index contributed by atoms with van der Waals surface area (Å²) in [6.07, 6.45) is 0.466. The van der Waals surface area contributed by atoms with Gasteiger partial charge in [-0.25, -0.2) is 8.42 Å². The molecule has 0 radical (unpaired) electrons. The normalized spacial score (nSPS) is 11.1. The molecule has 0 spiro atoms. The van der Waals surface area contributed by atoms with Crippen LogP contribution in [0.1, 0.15) is 12.8 Å². The second-order valence-corrected chi connectivity index (χ2v) is 4.92. The lowest BCUT2D eigenvalue weighted by Gasteiger charge is -1.96. The maximum Gasteiger partial charge on any atom is 0.232 e. The molecule has 1 amide bonds. The third-order valence-corrected chi connectivity index (χ3v) is 2.31. The van der Waals surface area contributed by atoms with Crippen molar-refractivity contribution in [3.05, 3.63) is 0 Å². The molecule has 0 aliphatic carbocycles. The first-order chi connectivity index (χ1) is 4.95. The lowest BCUT2D eigenvalue weighted by Crippen LogP contribution is -2.17. The topological polar surface area (TPSA) is 63.2 Å². The van der Waals surface area contributed by atoms with Gasteiger partial charge in [0.05, 0.1) is 5.75 Å². The van der Waals surface area contributed by atoms with E-state index in [2.05, 4.69) is 5.32 Å². The highest BCUT2D eigenvalue weighted by molar-refractivity contribution is 8.13. The van der Waals surface area contributed by atoms with Gasteiger partial charge in [-0.2, -0.15) is 0 Å². The Hall–Kier alpha value is -0.290. The fraction of sp³-hybridized carbons (Fsp3) is 0.800. The van der Waals surface area contributed by atoms with Crippen LogP contribution in [0.3, 0.4) is 0 Å². The van der Waals surface area contributed by atoms with Crippen molar-refractivity contribution >= 4 is 25.6 Å². The van der Waals surface area contributed by atoms with E-state index in [9.17, 15) is 13.2 Å². The van der Waals surface area contributed by atoms with Crippen molar-refractivity contribution in [2.24, 2.45) is 0 Å². The van der Waals surface area contributed by atoms with E-state index in [1.165, 1.54) is 7.05 Å². The number of hydrogen-bond donors (Lipinski definition) is 1. The molecule has 0 saturated heterocycles. The molecule has 0 bridgehead atoms. The molecule has 0 unspecified atom stereocenters. The minimum atomic E-state index is -3.44. The van der Waals surface area contributed by atoms with Crippen molar-refractivity contribution in [1.82, 2.24) is 5.32 Å². The van der Waals surface area contributed by atoms with Gasteiger partial charge in [0.25, 0.3) is 0 Å². The number of hydrogen-bond acceptors (Lipinski definition) is 3. The Kier molecular flexibility index (Phi) is 4.44. The van der Waals surface area contributed by atoms with Gasteiger partial charge in [0.15, 0.2) is 0 Å². The number of carbonyl (C=O) groups is 1. The van der Waals surface area contributed by atoms with Gasteiger partial charge in [-0.15, -0.1) is 0 Å². The van der Waals surface area contributed by atoms with E-state index in [1.807, 2.05) is 0 Å². The minimum Gasteiger partial charge on any atom is -0.359 e. The molecule has 0 atom stereocenters. The van der Waals surface area contributed by atoms with Gasteiger partial charge in [-0.3, -0.25) is 4.79 Å². The van der Waals surface area contributed by atoms with Crippen LogP contribution in [-0.4, -0.2) is 27.1 Å². The molecule has 11 heavy (non-hydrogen) atoms. The second kappa shape index (κ2) is 4.56. The fourth-order valence-corrected chi connectivity index (χ4v) is 1.35. The molecular formula is C5H10ClNO3S. The fourth-order valence-electron chi connectivity index (χ4n) is 0.530. The van der Waals surface area contributed by atoms with Gasteiger partial charge in [0.1, 0.15) is 0 Å². The molecule has 66 valence electrons. The van der Waals surface area contributed by atoms with Crippen LogP contribution >= 0.6 is 10.7 Å². The zero-order valence-corrected chi connectivity index (χ0v) is 7.70. The first-order valence-corrected chi connectivity index (χ1v) is 5.56. The Balaban J connectivity index is 3.51. The lowest BCUT2D eigenvalue weighted by atomic mass is 10.3. The van der Waals surface area contributed by atoms with E-state index in [1.54, 1.807) is 0 Å². The Labute approximate surface area is 70.3 Å². The Morgan fingerprint density at radius 2 is 2.09 bits per heavy atom. The van der Waals surface area contributed by atoms with Gasteiger partial charge in [0, 0.05) is 24.2 Å². The molecular weight excluding hydrogens is 190 g/mol. The van der Waals surface area contributed by atoms with Crippen LogP contribution in [0.4, 0.5) is 0 Å². The van der Waals surface area contributed by atoms with Crippen molar-refractivity contribution in [3.63, 3.8) is 0 Å². The van der Waals surface area contributed by atoms with E-state index in [4.69, 9.17) is 10.7 Å². The maximum absolute atomic E-state index is 10.5. The Bertz CT molecular complexity index is 224. The summed E-state index contributed by atoms with van der Waals surface area (Å²) in [5.74, 6) is -0.326. The third kappa shape index (κ3) is 7.61. The number of rotatable bonds is 4. The van der Waals surface area contributed by atoms with Crippen LogP contribution in [0.15, 0.2) is 0 Å². The van der Waals surface area contributed by atoms with Gasteiger partial charge < -0.3 is 5.32 Å². The highest BCUT2D eigenvalue weighted by Crippen LogP contribution is 2.00. The molecule has 0 saturated carbocycles. The van der Waals surface area contributed by atoms with Crippen molar-refractivity contribution < 1.29 is 13.2 Å². The number of halogens is 1. The molecule has 0 aliphatic rings. The predicted molar refractivity (Wildman–Crippen MR) is 42.9 cm³/mol. The summed E-state index contributed by atoms with van der Waals surface area (Å²) in [7, 11) is 2.96. The van der Waals surface area contributed by atoms with Gasteiger partial charge in [-0.1, -0.05) is 0 Å². The molecule has 0 aromatic heterocycles. The first-order valence-electron chi connectivity index (χ1n) is 3.08. The van der Waals surface area contributed by atoms with Crippen LogP contribution in [0, 0.1) is 0 Å². The number of amides is 1. The van der Waals surface area contributed by atoms with E-state index in [0.29, 0.717) is 0 Å². The van der Waals surface area contributed by atoms with Gasteiger partial charge in [0.2, 0.25) is 15.0 Å². The van der Waals surface area contributed by atoms with Crippen LogP contribution < -0.4 is 5.32 Å². The van der Waals surface area contributed by atoms with Crippen molar-refractivity contribution in [2.45, 2.75) is 12.8 Å². The van der Waals surface area contributed by atoms with Crippen LogP contribution in [0.5, 0.6) is 0 Å². The van der Waals surface area contributed by atoms with Crippen molar-refractivity contribution in [1.29, 1.82) is 0 Å². The molecule has 0 aliphatic heterocycles. The molecule has 0 aromatic carbocycles. The third-order valence-electron chi connectivity index (χ3n) is 1.07. The summed E-state index contributed by atoms with van der Waals surface area (Å²) < 4.78 is 20.7. The average Bonchev–Trinajstić information content (AvgIpc) is 1.85. The highest BCUT2D eigenvalue weighted by Gasteiger charge is 2.05. The van der Waals surface area contributed by atoms with Gasteiger partial charge in [-0.05, 0) is 6.42 Å². The first kappa shape index (κ1) is 10.7. The molecule has 0 heterocycles. The summed E-state index contributed by atoms with van der Waals surface area (Å²) in [5, 5.41) is 2.37. The number of carbonyl (C=O) groups excluding carboxylic acids is 1. The van der Waals surface area contributed by atoms with E-state index < -0.39 is 9.05 Å². The zero-order valence-electron chi connectivity index (χ0n) is 6.13. The molecule has 0 fully saturated rings. The summed E-state index contributed by atoms with van der Waals surface area (Å²) in [5.41, 5.74) is 0. The highest BCUT2D eigenvalue weighted by atomic mass is 35.7. The second-order valence-electron chi connectivity index (χ2n) is 2.02. The van der Waals surface area contributed by atoms with Crippen molar-refractivity contribution in [3.8, 4) is 0 Å². The standard InChI is InChI=1S/C5H10ClNO3S/c1-7-5(8)3-2-4-11(6,9)10/h2-4H2,1H3,(H,7,8). The molecule has 6 heteroatoms. The van der Waals surface area contributed by atoms with Crippen molar-refractivity contribution in [2.75, 3.05) is 12.8 Å². The van der Waals surface area contributed by atoms with Crippen LogP contribution in [-0.2, 0) is 13.8 Å². The van der Waals surface area contributed by atoms with E-state index >= 15 is 0 Å². The SMILES string of the molecule is CNC(=O)CCCS(=O)(=O)Cl. The molecule has 0 aromatic rings. The van der Waals surface area contributed by atoms with Gasteiger partial charge >= 0.3 is 0 Å². The quantitative estimate of drug-likeness (QED) is 0.653.